The lowest BCUT2D eigenvalue weighted by atomic mass is 10.1. The highest BCUT2D eigenvalue weighted by Gasteiger charge is 2.08. The van der Waals surface area contributed by atoms with Gasteiger partial charge >= 0.3 is 0 Å². The van der Waals surface area contributed by atoms with Crippen molar-refractivity contribution in [2.75, 3.05) is 0 Å². The molecular weight excluding hydrogens is 216 g/mol. The van der Waals surface area contributed by atoms with Gasteiger partial charge in [-0.15, -0.1) is 0 Å². The van der Waals surface area contributed by atoms with Crippen molar-refractivity contribution >= 4 is 5.91 Å². The van der Waals surface area contributed by atoms with E-state index in [4.69, 9.17) is 5.73 Å². The number of rotatable bonds is 7. The predicted molar refractivity (Wildman–Crippen MR) is 67.3 cm³/mol. The zero-order valence-electron chi connectivity index (χ0n) is 10.6. The van der Waals surface area contributed by atoms with Gasteiger partial charge in [0.05, 0.1) is 6.54 Å². The van der Waals surface area contributed by atoms with Gasteiger partial charge < -0.3 is 11.1 Å². The number of nitrogens with one attached hydrogen (secondary N) is 1. The Hall–Kier alpha value is -1.36. The zero-order chi connectivity index (χ0) is 12.7. The maximum absolute atomic E-state index is 11.6. The van der Waals surface area contributed by atoms with Gasteiger partial charge in [0.2, 0.25) is 5.91 Å². The number of aromatic nitrogens is 2. The summed E-state index contributed by atoms with van der Waals surface area (Å²) in [7, 11) is 0. The number of hydrogen-bond acceptors (Lipinski definition) is 3. The quantitative estimate of drug-likeness (QED) is 0.741. The van der Waals surface area contributed by atoms with Crippen molar-refractivity contribution in [2.24, 2.45) is 5.73 Å². The monoisotopic (exact) mass is 238 g/mol. The van der Waals surface area contributed by atoms with Crippen LogP contribution in [0.3, 0.4) is 0 Å². The molecule has 0 spiro atoms. The first-order valence-electron chi connectivity index (χ1n) is 6.10. The van der Waals surface area contributed by atoms with Crippen molar-refractivity contribution in [1.82, 2.24) is 15.1 Å². The second-order valence-electron chi connectivity index (χ2n) is 4.57. The van der Waals surface area contributed by atoms with E-state index in [1.165, 1.54) is 0 Å². The fraction of sp³-hybridized carbons (Fsp3) is 0.667. The molecule has 0 aromatic carbocycles. The van der Waals surface area contributed by atoms with Crippen LogP contribution in [-0.2, 0) is 11.3 Å². The van der Waals surface area contributed by atoms with Crippen LogP contribution >= 0.6 is 0 Å². The molecule has 17 heavy (non-hydrogen) atoms. The van der Waals surface area contributed by atoms with Gasteiger partial charge in [-0.3, -0.25) is 9.48 Å². The molecule has 1 aromatic rings. The van der Waals surface area contributed by atoms with Crippen LogP contribution < -0.4 is 11.1 Å². The minimum absolute atomic E-state index is 0.0882. The first-order valence-corrected chi connectivity index (χ1v) is 6.10. The molecule has 5 heteroatoms. The van der Waals surface area contributed by atoms with E-state index in [2.05, 4.69) is 10.4 Å². The van der Waals surface area contributed by atoms with Crippen molar-refractivity contribution in [3.63, 3.8) is 0 Å². The molecule has 0 fully saturated rings. The lowest BCUT2D eigenvalue weighted by Crippen LogP contribution is -2.35. The van der Waals surface area contributed by atoms with Gasteiger partial charge in [-0.1, -0.05) is 0 Å². The average Bonchev–Trinajstić information content (AvgIpc) is 2.69. The van der Waals surface area contributed by atoms with Crippen LogP contribution in [0.1, 0.15) is 33.1 Å². The number of nitrogens with two attached hydrogens (primary N) is 1. The van der Waals surface area contributed by atoms with Crippen molar-refractivity contribution in [2.45, 2.75) is 51.7 Å². The zero-order valence-corrected chi connectivity index (χ0v) is 10.6. The summed E-state index contributed by atoms with van der Waals surface area (Å²) in [6, 6.07) is 2.14. The highest BCUT2D eigenvalue weighted by atomic mass is 16.1. The Morgan fingerprint density at radius 2 is 2.29 bits per heavy atom. The van der Waals surface area contributed by atoms with E-state index in [0.717, 1.165) is 12.8 Å². The smallest absolute Gasteiger partial charge is 0.220 e. The Morgan fingerprint density at radius 3 is 2.88 bits per heavy atom. The molecule has 2 unspecified atom stereocenters. The van der Waals surface area contributed by atoms with Crippen LogP contribution in [0.5, 0.6) is 0 Å². The normalized spacial score (nSPS) is 14.3. The van der Waals surface area contributed by atoms with Gasteiger partial charge in [0.25, 0.3) is 0 Å². The molecule has 1 rings (SSSR count). The third-order valence-corrected chi connectivity index (χ3v) is 2.49. The molecule has 0 radical (unpaired) electrons. The van der Waals surface area contributed by atoms with Gasteiger partial charge in [0.15, 0.2) is 0 Å². The summed E-state index contributed by atoms with van der Waals surface area (Å²) < 4.78 is 1.81. The summed E-state index contributed by atoms with van der Waals surface area (Å²) in [5.41, 5.74) is 5.63. The average molecular weight is 238 g/mol. The molecule has 2 atom stereocenters. The van der Waals surface area contributed by atoms with E-state index >= 15 is 0 Å². The van der Waals surface area contributed by atoms with Crippen LogP contribution in [0.2, 0.25) is 0 Å². The molecule has 96 valence electrons. The maximum atomic E-state index is 11.6. The van der Waals surface area contributed by atoms with Crippen LogP contribution in [0.4, 0.5) is 0 Å². The number of carbonyl (C=O) groups excluding carboxylic acids is 1. The van der Waals surface area contributed by atoms with Crippen molar-refractivity contribution in [1.29, 1.82) is 0 Å². The second kappa shape index (κ2) is 7.06. The summed E-state index contributed by atoms with van der Waals surface area (Å²) in [6.45, 7) is 4.63. The predicted octanol–water partition coefficient (Wildman–Crippen LogP) is 0.905. The van der Waals surface area contributed by atoms with E-state index in [-0.39, 0.29) is 18.0 Å². The molecule has 0 saturated heterocycles. The Labute approximate surface area is 102 Å². The second-order valence-corrected chi connectivity index (χ2v) is 4.57. The largest absolute Gasteiger partial charge is 0.352 e. The summed E-state index contributed by atoms with van der Waals surface area (Å²) >= 11 is 0. The summed E-state index contributed by atoms with van der Waals surface area (Å²) in [4.78, 5) is 11.6. The van der Waals surface area contributed by atoms with E-state index in [1.807, 2.05) is 30.8 Å². The van der Waals surface area contributed by atoms with E-state index < -0.39 is 0 Å². The fourth-order valence-corrected chi connectivity index (χ4v) is 1.67. The highest BCUT2D eigenvalue weighted by Crippen LogP contribution is 1.99. The van der Waals surface area contributed by atoms with E-state index in [1.54, 1.807) is 6.20 Å². The Kier molecular flexibility index (Phi) is 5.69. The molecule has 5 nitrogen and oxygen atoms in total. The molecule has 1 amide bonds. The molecule has 0 bridgehead atoms. The lowest BCUT2D eigenvalue weighted by Gasteiger charge is -2.14. The third kappa shape index (κ3) is 6.06. The Morgan fingerprint density at radius 1 is 1.53 bits per heavy atom. The first-order chi connectivity index (χ1) is 8.08. The molecule has 0 aliphatic rings. The topological polar surface area (TPSA) is 72.9 Å². The Bertz CT molecular complexity index is 321. The molecule has 1 heterocycles. The summed E-state index contributed by atoms with van der Waals surface area (Å²) in [5.74, 6) is 0.0882. The van der Waals surface area contributed by atoms with Crippen LogP contribution in [0, 0.1) is 0 Å². The summed E-state index contributed by atoms with van der Waals surface area (Å²) in [5, 5.41) is 7.05. The first kappa shape index (κ1) is 13.7. The van der Waals surface area contributed by atoms with Crippen molar-refractivity contribution < 1.29 is 4.79 Å². The standard InChI is InChI=1S/C12H22N4O/c1-10(13)5-3-6-12(17)15-11(2)9-16-8-4-7-14-16/h4,7-8,10-11H,3,5-6,9,13H2,1-2H3,(H,15,17). The molecule has 1 aromatic heterocycles. The van der Waals surface area contributed by atoms with E-state index in [0.29, 0.717) is 13.0 Å². The summed E-state index contributed by atoms with van der Waals surface area (Å²) in [6.07, 6.45) is 5.90. The lowest BCUT2D eigenvalue weighted by molar-refractivity contribution is -0.121. The minimum Gasteiger partial charge on any atom is -0.352 e. The van der Waals surface area contributed by atoms with Gasteiger partial charge in [-0.2, -0.15) is 5.10 Å². The van der Waals surface area contributed by atoms with Crippen molar-refractivity contribution in [3.8, 4) is 0 Å². The molecule has 3 N–H and O–H groups in total. The fourth-order valence-electron chi connectivity index (χ4n) is 1.67. The minimum atomic E-state index is 0.0882. The van der Waals surface area contributed by atoms with Gasteiger partial charge in [-0.05, 0) is 32.8 Å². The Balaban J connectivity index is 2.17. The third-order valence-electron chi connectivity index (χ3n) is 2.49. The molecule has 0 aliphatic heterocycles. The molecular formula is C12H22N4O. The molecule has 0 saturated carbocycles. The van der Waals surface area contributed by atoms with Gasteiger partial charge in [-0.25, -0.2) is 0 Å². The van der Waals surface area contributed by atoms with Gasteiger partial charge in [0.1, 0.15) is 0 Å². The van der Waals surface area contributed by atoms with Crippen molar-refractivity contribution in [3.05, 3.63) is 18.5 Å². The number of amides is 1. The van der Waals surface area contributed by atoms with Crippen LogP contribution in [-0.4, -0.2) is 27.8 Å². The highest BCUT2D eigenvalue weighted by molar-refractivity contribution is 5.76. The maximum Gasteiger partial charge on any atom is 0.220 e. The SMILES string of the molecule is CC(N)CCCC(=O)NC(C)Cn1cccn1. The number of hydrogen-bond donors (Lipinski definition) is 2. The van der Waals surface area contributed by atoms with E-state index in [9.17, 15) is 4.79 Å². The number of nitrogens with zero attached hydrogens (tertiary/aromatic N) is 2. The molecule has 0 aliphatic carbocycles. The van der Waals surface area contributed by atoms with Crippen LogP contribution in [0.15, 0.2) is 18.5 Å². The van der Waals surface area contributed by atoms with Gasteiger partial charge in [0, 0.05) is 30.9 Å². The number of carbonyl (C=O) groups is 1. The van der Waals surface area contributed by atoms with Crippen LogP contribution in [0.25, 0.3) is 0 Å².